The summed E-state index contributed by atoms with van der Waals surface area (Å²) in [5.41, 5.74) is 5.01. The minimum absolute atomic E-state index is 0.248. The summed E-state index contributed by atoms with van der Waals surface area (Å²) in [5.74, 6) is -0.248. The molecule has 2 nitrogen and oxygen atoms in total. The van der Waals surface area contributed by atoms with Crippen molar-refractivity contribution in [3.05, 3.63) is 29.0 Å². The Labute approximate surface area is 111 Å². The van der Waals surface area contributed by atoms with Crippen molar-refractivity contribution in [2.45, 2.75) is 59.3 Å². The maximum atomic E-state index is 11.7. The maximum absolute atomic E-state index is 11.7. The molecule has 0 saturated heterocycles. The van der Waals surface area contributed by atoms with E-state index in [1.165, 1.54) is 7.11 Å². The van der Waals surface area contributed by atoms with Gasteiger partial charge in [0.05, 0.1) is 12.7 Å². The number of methoxy groups -OCH3 is 1. The number of hydrogen-bond donors (Lipinski definition) is 0. The highest BCUT2D eigenvalue weighted by Crippen LogP contribution is 2.13. The molecule has 18 heavy (non-hydrogen) atoms. The molecule has 102 valence electrons. The third-order valence-electron chi connectivity index (χ3n) is 2.69. The predicted molar refractivity (Wildman–Crippen MR) is 76.4 cm³/mol. The van der Waals surface area contributed by atoms with Crippen molar-refractivity contribution in [1.82, 2.24) is 0 Å². The van der Waals surface area contributed by atoms with E-state index in [0.717, 1.165) is 44.1 Å². The lowest BCUT2D eigenvalue weighted by Gasteiger charge is -2.03. The fourth-order valence-corrected chi connectivity index (χ4v) is 1.64. The Balaban J connectivity index is 5.15. The van der Waals surface area contributed by atoms with Crippen molar-refractivity contribution in [3.8, 4) is 0 Å². The van der Waals surface area contributed by atoms with E-state index < -0.39 is 0 Å². The van der Waals surface area contributed by atoms with Crippen LogP contribution in [0.2, 0.25) is 0 Å². The van der Waals surface area contributed by atoms with E-state index in [2.05, 4.69) is 19.6 Å². The monoisotopic (exact) mass is 250 g/mol. The molecule has 0 N–H and O–H groups in total. The molecule has 0 saturated carbocycles. The zero-order chi connectivity index (χ0) is 13.8. The Bertz CT molecular complexity index is 331. The van der Waals surface area contributed by atoms with Crippen LogP contribution in [-0.2, 0) is 9.53 Å². The third-order valence-corrected chi connectivity index (χ3v) is 2.69. The minimum Gasteiger partial charge on any atom is -0.465 e. The molecule has 0 radical (unpaired) electrons. The number of rotatable bonds is 8. The number of esters is 1. The van der Waals surface area contributed by atoms with Crippen molar-refractivity contribution in [2.75, 3.05) is 7.11 Å². The molecule has 0 rings (SSSR count). The molecule has 0 aromatic carbocycles. The molecule has 0 fully saturated rings. The predicted octanol–water partition coefficient (Wildman–Crippen LogP) is 4.57. The van der Waals surface area contributed by atoms with Gasteiger partial charge in [0.25, 0.3) is 0 Å². The molecule has 0 aliphatic rings. The van der Waals surface area contributed by atoms with Crippen molar-refractivity contribution in [1.29, 1.82) is 0 Å². The highest BCUT2D eigenvalue weighted by atomic mass is 16.5. The Hall–Kier alpha value is -1.27. The van der Waals surface area contributed by atoms with Gasteiger partial charge in [-0.15, -0.1) is 5.73 Å². The molecule has 0 aliphatic carbocycles. The third kappa shape index (κ3) is 7.13. The summed E-state index contributed by atoms with van der Waals surface area (Å²) in [6.45, 7) is 6.26. The number of carbonyl (C=O) groups excluding carboxylic acids is 1. The molecule has 0 heterocycles. The molecule has 0 spiro atoms. The van der Waals surface area contributed by atoms with Crippen LogP contribution in [-0.4, -0.2) is 13.1 Å². The zero-order valence-corrected chi connectivity index (χ0v) is 12.2. The van der Waals surface area contributed by atoms with Gasteiger partial charge in [0.2, 0.25) is 0 Å². The lowest BCUT2D eigenvalue weighted by Crippen LogP contribution is -2.04. The highest BCUT2D eigenvalue weighted by Gasteiger charge is 2.08. The van der Waals surface area contributed by atoms with Crippen LogP contribution in [0.25, 0.3) is 0 Å². The number of unbranched alkanes of at least 4 members (excludes halogenated alkanes) is 2. The number of hydrogen-bond acceptors (Lipinski definition) is 2. The second-order valence-corrected chi connectivity index (χ2v) is 4.33. The van der Waals surface area contributed by atoms with Crippen LogP contribution in [0.4, 0.5) is 0 Å². The van der Waals surface area contributed by atoms with Gasteiger partial charge < -0.3 is 4.74 Å². The zero-order valence-electron chi connectivity index (χ0n) is 12.2. The number of ether oxygens (including phenoxy) is 1. The SMILES string of the molecule is C/C=C/C(=C=C(CCCC)C(=O)OC)CCCC. The van der Waals surface area contributed by atoms with E-state index in [1.54, 1.807) is 0 Å². The lowest BCUT2D eigenvalue weighted by molar-refractivity contribution is -0.136. The van der Waals surface area contributed by atoms with E-state index in [0.29, 0.717) is 5.57 Å². The molecular weight excluding hydrogens is 224 g/mol. The minimum atomic E-state index is -0.248. The normalized spacial score (nSPS) is 10.2. The first-order valence-electron chi connectivity index (χ1n) is 6.89. The largest absolute Gasteiger partial charge is 0.465 e. The summed E-state index contributed by atoms with van der Waals surface area (Å²) in [5, 5.41) is 0. The molecule has 2 heteroatoms. The fraction of sp³-hybridized carbons (Fsp3) is 0.625. The summed E-state index contributed by atoms with van der Waals surface area (Å²) in [7, 11) is 1.43. The molecule has 0 amide bonds. The average Bonchev–Trinajstić information content (AvgIpc) is 2.39. The molecule has 0 aromatic heterocycles. The topological polar surface area (TPSA) is 26.3 Å². The fourth-order valence-electron chi connectivity index (χ4n) is 1.64. The van der Waals surface area contributed by atoms with Gasteiger partial charge in [-0.2, -0.15) is 0 Å². The van der Waals surface area contributed by atoms with Gasteiger partial charge in [0, 0.05) is 0 Å². The van der Waals surface area contributed by atoms with Gasteiger partial charge in [-0.3, -0.25) is 0 Å². The maximum Gasteiger partial charge on any atom is 0.341 e. The van der Waals surface area contributed by atoms with Gasteiger partial charge in [-0.25, -0.2) is 4.79 Å². The standard InChI is InChI=1S/C16H26O2/c1-5-8-11-14(10-7-3)13-15(12-9-6-2)16(17)18-4/h7,10H,5-6,8-9,11-12H2,1-4H3/b10-7+. The van der Waals surface area contributed by atoms with Gasteiger partial charge in [-0.05, 0) is 38.2 Å². The Morgan fingerprint density at radius 3 is 2.28 bits per heavy atom. The molecule has 0 bridgehead atoms. The van der Waals surface area contributed by atoms with Crippen LogP contribution in [0.1, 0.15) is 59.3 Å². The highest BCUT2D eigenvalue weighted by molar-refractivity contribution is 5.88. The first-order chi connectivity index (χ1) is 8.69. The van der Waals surface area contributed by atoms with E-state index in [4.69, 9.17) is 4.74 Å². The first-order valence-corrected chi connectivity index (χ1v) is 6.89. The first kappa shape index (κ1) is 16.7. The molecule has 0 atom stereocenters. The summed E-state index contributed by atoms with van der Waals surface area (Å²) < 4.78 is 4.82. The Morgan fingerprint density at radius 1 is 1.17 bits per heavy atom. The van der Waals surface area contributed by atoms with Crippen LogP contribution < -0.4 is 0 Å². The van der Waals surface area contributed by atoms with Gasteiger partial charge in [0.15, 0.2) is 0 Å². The van der Waals surface area contributed by atoms with Gasteiger partial charge >= 0.3 is 5.97 Å². The molecule has 0 aliphatic heterocycles. The smallest absolute Gasteiger partial charge is 0.341 e. The van der Waals surface area contributed by atoms with E-state index >= 15 is 0 Å². The van der Waals surface area contributed by atoms with Crippen molar-refractivity contribution in [3.63, 3.8) is 0 Å². The van der Waals surface area contributed by atoms with Crippen molar-refractivity contribution < 1.29 is 9.53 Å². The average molecular weight is 250 g/mol. The second kappa shape index (κ2) is 10.9. The summed E-state index contributed by atoms with van der Waals surface area (Å²) in [6.07, 6.45) is 10.1. The van der Waals surface area contributed by atoms with E-state index in [1.807, 2.05) is 19.1 Å². The van der Waals surface area contributed by atoms with Gasteiger partial charge in [-0.1, -0.05) is 38.8 Å². The molecule has 0 aromatic rings. The van der Waals surface area contributed by atoms with Gasteiger partial charge in [0.1, 0.15) is 0 Å². The van der Waals surface area contributed by atoms with E-state index in [9.17, 15) is 4.79 Å². The Morgan fingerprint density at radius 2 is 1.78 bits per heavy atom. The van der Waals surface area contributed by atoms with Crippen LogP contribution in [0.5, 0.6) is 0 Å². The number of allylic oxidation sites excluding steroid dienone is 2. The van der Waals surface area contributed by atoms with Crippen LogP contribution in [0.3, 0.4) is 0 Å². The van der Waals surface area contributed by atoms with Crippen molar-refractivity contribution >= 4 is 5.97 Å². The summed E-state index contributed by atoms with van der Waals surface area (Å²) in [6, 6.07) is 0. The Kier molecular flexibility index (Phi) is 10.1. The van der Waals surface area contributed by atoms with Crippen molar-refractivity contribution in [2.24, 2.45) is 0 Å². The summed E-state index contributed by atoms with van der Waals surface area (Å²) >= 11 is 0. The van der Waals surface area contributed by atoms with E-state index in [-0.39, 0.29) is 5.97 Å². The molecule has 0 unspecified atom stereocenters. The lowest BCUT2D eigenvalue weighted by atomic mass is 10.0. The number of carbonyl (C=O) groups is 1. The quantitative estimate of drug-likeness (QED) is 0.273. The van der Waals surface area contributed by atoms with Crippen LogP contribution in [0, 0.1) is 0 Å². The summed E-state index contributed by atoms with van der Waals surface area (Å²) in [4.78, 5) is 11.7. The van der Waals surface area contributed by atoms with Crippen LogP contribution in [0.15, 0.2) is 29.0 Å². The second-order valence-electron chi connectivity index (χ2n) is 4.33. The van der Waals surface area contributed by atoms with Crippen LogP contribution >= 0.6 is 0 Å². The molecular formula is C16H26O2.